The maximum absolute atomic E-state index is 11.3. The van der Waals surface area contributed by atoms with Gasteiger partial charge < -0.3 is 14.6 Å². The molecule has 1 unspecified atom stereocenters. The van der Waals surface area contributed by atoms with E-state index in [9.17, 15) is 9.90 Å². The molecule has 1 amide bonds. The van der Waals surface area contributed by atoms with Crippen molar-refractivity contribution in [2.75, 3.05) is 13.2 Å². The molecule has 6 nitrogen and oxygen atoms in total. The molecule has 0 aliphatic heterocycles. The number of hydrazine groups is 1. The van der Waals surface area contributed by atoms with E-state index >= 15 is 0 Å². The highest BCUT2D eigenvalue weighted by Crippen LogP contribution is 2.08. The van der Waals surface area contributed by atoms with Crippen molar-refractivity contribution in [1.82, 2.24) is 10.9 Å². The van der Waals surface area contributed by atoms with Crippen molar-refractivity contribution in [3.8, 4) is 5.75 Å². The normalized spacial score (nSPS) is 12.6. The minimum Gasteiger partial charge on any atom is -0.491 e. The van der Waals surface area contributed by atoms with Crippen molar-refractivity contribution in [2.24, 2.45) is 0 Å². The van der Waals surface area contributed by atoms with Gasteiger partial charge in [0, 0.05) is 6.54 Å². The van der Waals surface area contributed by atoms with Crippen LogP contribution in [0.15, 0.2) is 30.3 Å². The number of carbonyl (C=O) groups excluding carboxylic acids is 1. The van der Waals surface area contributed by atoms with Crippen LogP contribution < -0.4 is 15.6 Å². The van der Waals surface area contributed by atoms with Crippen LogP contribution in [0.4, 0.5) is 4.79 Å². The number of rotatable bonds is 6. The summed E-state index contributed by atoms with van der Waals surface area (Å²) in [7, 11) is 0. The summed E-state index contributed by atoms with van der Waals surface area (Å²) < 4.78 is 10.4. The average Bonchev–Trinajstić information content (AvgIpc) is 2.35. The molecule has 0 saturated carbocycles. The first kappa shape index (κ1) is 16.3. The van der Waals surface area contributed by atoms with Gasteiger partial charge in [-0.15, -0.1) is 0 Å². The summed E-state index contributed by atoms with van der Waals surface area (Å²) in [5, 5.41) is 9.68. The second kappa shape index (κ2) is 7.72. The van der Waals surface area contributed by atoms with Crippen LogP contribution in [0.5, 0.6) is 5.75 Å². The van der Waals surface area contributed by atoms with Gasteiger partial charge in [0.1, 0.15) is 24.1 Å². The summed E-state index contributed by atoms with van der Waals surface area (Å²) in [4.78, 5) is 11.3. The summed E-state index contributed by atoms with van der Waals surface area (Å²) in [5.41, 5.74) is 4.38. The van der Waals surface area contributed by atoms with Crippen LogP contribution in [-0.2, 0) is 4.74 Å². The van der Waals surface area contributed by atoms with E-state index in [4.69, 9.17) is 9.47 Å². The maximum atomic E-state index is 11.3. The second-order valence-electron chi connectivity index (χ2n) is 5.29. The van der Waals surface area contributed by atoms with Gasteiger partial charge in [0.25, 0.3) is 0 Å². The minimum atomic E-state index is -0.745. The molecule has 0 spiro atoms. The van der Waals surface area contributed by atoms with E-state index < -0.39 is 17.8 Å². The van der Waals surface area contributed by atoms with E-state index in [2.05, 4.69) is 10.9 Å². The zero-order valence-electron chi connectivity index (χ0n) is 12.1. The van der Waals surface area contributed by atoms with E-state index in [1.807, 2.05) is 18.2 Å². The second-order valence-corrected chi connectivity index (χ2v) is 5.29. The van der Waals surface area contributed by atoms with Crippen LogP contribution in [-0.4, -0.2) is 36.1 Å². The molecule has 1 aromatic rings. The lowest BCUT2D eigenvalue weighted by molar-refractivity contribution is 0.0470. The summed E-state index contributed by atoms with van der Waals surface area (Å²) in [6, 6.07) is 9.20. The number of nitrogens with one attached hydrogen (secondary N) is 2. The Labute approximate surface area is 119 Å². The Kier molecular flexibility index (Phi) is 6.27. The number of carbonyl (C=O) groups is 1. The lowest BCUT2D eigenvalue weighted by Gasteiger charge is -2.20. The van der Waals surface area contributed by atoms with Gasteiger partial charge in [0.2, 0.25) is 0 Å². The number of aliphatic hydroxyl groups is 1. The molecule has 0 fully saturated rings. The predicted octanol–water partition coefficient (Wildman–Crippen LogP) is 1.46. The zero-order valence-corrected chi connectivity index (χ0v) is 12.1. The van der Waals surface area contributed by atoms with Crippen molar-refractivity contribution in [3.05, 3.63) is 30.3 Å². The largest absolute Gasteiger partial charge is 0.491 e. The van der Waals surface area contributed by atoms with Gasteiger partial charge in [0.15, 0.2) is 0 Å². The third kappa shape index (κ3) is 7.60. The summed E-state index contributed by atoms with van der Waals surface area (Å²) in [6.07, 6.45) is -1.33. The Hall–Kier alpha value is -1.79. The van der Waals surface area contributed by atoms with Crippen molar-refractivity contribution in [1.29, 1.82) is 0 Å². The molecule has 3 N–H and O–H groups in total. The summed E-state index contributed by atoms with van der Waals surface area (Å²) in [6.45, 7) is 5.61. The van der Waals surface area contributed by atoms with Gasteiger partial charge >= 0.3 is 6.09 Å². The van der Waals surface area contributed by atoms with Gasteiger partial charge in [-0.25, -0.2) is 10.2 Å². The van der Waals surface area contributed by atoms with Crippen LogP contribution in [0.1, 0.15) is 20.8 Å². The molecule has 0 aliphatic carbocycles. The average molecular weight is 282 g/mol. The van der Waals surface area contributed by atoms with E-state index in [-0.39, 0.29) is 13.2 Å². The maximum Gasteiger partial charge on any atom is 0.422 e. The van der Waals surface area contributed by atoms with E-state index in [1.165, 1.54) is 0 Å². The topological polar surface area (TPSA) is 79.8 Å². The molecular weight excluding hydrogens is 260 g/mol. The highest BCUT2D eigenvalue weighted by molar-refractivity contribution is 5.66. The smallest absolute Gasteiger partial charge is 0.422 e. The van der Waals surface area contributed by atoms with Crippen molar-refractivity contribution in [2.45, 2.75) is 32.5 Å². The van der Waals surface area contributed by atoms with Gasteiger partial charge in [-0.1, -0.05) is 18.2 Å². The molecular formula is C14H22N2O4. The fourth-order valence-corrected chi connectivity index (χ4v) is 1.31. The Morgan fingerprint density at radius 2 is 1.95 bits per heavy atom. The SMILES string of the molecule is CC(C)(C)OC(=O)NNCC(O)COc1ccccc1. The molecule has 1 rings (SSSR count). The third-order valence-electron chi connectivity index (χ3n) is 2.11. The monoisotopic (exact) mass is 282 g/mol. The summed E-state index contributed by atoms with van der Waals surface area (Å²) >= 11 is 0. The fourth-order valence-electron chi connectivity index (χ4n) is 1.31. The predicted molar refractivity (Wildman–Crippen MR) is 75.3 cm³/mol. The molecule has 6 heteroatoms. The van der Waals surface area contributed by atoms with Gasteiger partial charge in [-0.05, 0) is 32.9 Å². The van der Waals surface area contributed by atoms with Crippen LogP contribution >= 0.6 is 0 Å². The van der Waals surface area contributed by atoms with Crippen molar-refractivity contribution in [3.63, 3.8) is 0 Å². The van der Waals surface area contributed by atoms with Gasteiger partial charge in [-0.3, -0.25) is 5.43 Å². The highest BCUT2D eigenvalue weighted by Gasteiger charge is 2.15. The van der Waals surface area contributed by atoms with Crippen LogP contribution in [0.2, 0.25) is 0 Å². The first-order valence-corrected chi connectivity index (χ1v) is 6.44. The Balaban J connectivity index is 2.14. The van der Waals surface area contributed by atoms with E-state index in [0.717, 1.165) is 0 Å². The van der Waals surface area contributed by atoms with E-state index in [1.54, 1.807) is 32.9 Å². The molecule has 1 atom stereocenters. The van der Waals surface area contributed by atoms with Crippen LogP contribution in [0.25, 0.3) is 0 Å². The van der Waals surface area contributed by atoms with Gasteiger partial charge in [0.05, 0.1) is 0 Å². The number of benzene rings is 1. The third-order valence-corrected chi connectivity index (χ3v) is 2.11. The number of hydrogen-bond donors (Lipinski definition) is 3. The van der Waals surface area contributed by atoms with Crippen molar-refractivity contribution >= 4 is 6.09 Å². The number of ether oxygens (including phenoxy) is 2. The Morgan fingerprint density at radius 3 is 2.55 bits per heavy atom. The van der Waals surface area contributed by atoms with Crippen LogP contribution in [0, 0.1) is 0 Å². The molecule has 0 saturated heterocycles. The van der Waals surface area contributed by atoms with Gasteiger partial charge in [-0.2, -0.15) is 0 Å². The molecule has 0 bridgehead atoms. The quantitative estimate of drug-likeness (QED) is 0.688. The minimum absolute atomic E-state index is 0.132. The number of para-hydroxylation sites is 1. The lowest BCUT2D eigenvalue weighted by Crippen LogP contribution is -2.45. The van der Waals surface area contributed by atoms with E-state index in [0.29, 0.717) is 5.75 Å². The van der Waals surface area contributed by atoms with Crippen molar-refractivity contribution < 1.29 is 19.4 Å². The molecule has 0 heterocycles. The fraction of sp³-hybridized carbons (Fsp3) is 0.500. The number of aliphatic hydroxyl groups excluding tert-OH is 1. The number of hydrogen-bond acceptors (Lipinski definition) is 5. The molecule has 112 valence electrons. The Bertz CT molecular complexity index is 403. The number of amides is 1. The Morgan fingerprint density at radius 1 is 1.30 bits per heavy atom. The molecule has 0 aliphatic rings. The first-order valence-electron chi connectivity index (χ1n) is 6.44. The zero-order chi connectivity index (χ0) is 15.0. The summed E-state index contributed by atoms with van der Waals surface area (Å²) in [5.74, 6) is 0.687. The highest BCUT2D eigenvalue weighted by atomic mass is 16.6. The standard InChI is InChI=1S/C14H22N2O4/c1-14(2,3)20-13(18)16-15-9-11(17)10-19-12-7-5-4-6-8-12/h4-8,11,15,17H,9-10H2,1-3H3,(H,16,18). The molecule has 20 heavy (non-hydrogen) atoms. The first-order chi connectivity index (χ1) is 9.37. The molecule has 1 aromatic carbocycles. The van der Waals surface area contributed by atoms with Crippen LogP contribution in [0.3, 0.4) is 0 Å². The lowest BCUT2D eigenvalue weighted by atomic mass is 10.2. The molecule has 0 radical (unpaired) electrons. The molecule has 0 aromatic heterocycles.